The molecule has 5 nitrogen and oxygen atoms in total. The maximum atomic E-state index is 5.95. The van der Waals surface area contributed by atoms with Crippen molar-refractivity contribution >= 4 is 12.2 Å². The number of aryl methyl sites for hydroxylation is 1. The SMILES string of the molecule is CN1Cc2ccccc2-c2nnn(C)c2-c2ccccc2OS1. The molecule has 3 aromatic rings. The fourth-order valence-corrected chi connectivity index (χ4v) is 3.38. The van der Waals surface area contributed by atoms with E-state index >= 15 is 0 Å². The predicted octanol–water partition coefficient (Wildman–Crippen LogP) is 3.54. The Morgan fingerprint density at radius 1 is 1.00 bits per heavy atom. The molecular weight excluding hydrogens is 308 g/mol. The first-order valence-corrected chi connectivity index (χ1v) is 8.07. The number of hydrogen-bond acceptors (Lipinski definition) is 5. The fourth-order valence-electron chi connectivity index (χ4n) is 2.83. The molecule has 0 fully saturated rings. The Kier molecular flexibility index (Phi) is 3.55. The van der Waals surface area contributed by atoms with Crippen LogP contribution < -0.4 is 4.18 Å². The molecule has 0 bridgehead atoms. The minimum Gasteiger partial charge on any atom is -0.409 e. The average Bonchev–Trinajstić information content (AvgIpc) is 2.95. The van der Waals surface area contributed by atoms with Crippen LogP contribution >= 0.6 is 12.2 Å². The van der Waals surface area contributed by atoms with E-state index in [1.165, 1.54) is 17.8 Å². The maximum absolute atomic E-state index is 5.95. The largest absolute Gasteiger partial charge is 0.409 e. The van der Waals surface area contributed by atoms with E-state index in [9.17, 15) is 0 Å². The third kappa shape index (κ3) is 2.50. The van der Waals surface area contributed by atoms with Gasteiger partial charge in [-0.05, 0) is 17.7 Å². The Morgan fingerprint density at radius 3 is 2.61 bits per heavy atom. The highest BCUT2D eigenvalue weighted by Crippen LogP contribution is 2.39. The van der Waals surface area contributed by atoms with Crippen LogP contribution in [-0.2, 0) is 13.6 Å². The second-order valence-electron chi connectivity index (χ2n) is 5.51. The summed E-state index contributed by atoms with van der Waals surface area (Å²) in [5.74, 6) is 0.815. The first-order chi connectivity index (χ1) is 11.2. The minimum absolute atomic E-state index is 0.763. The highest BCUT2D eigenvalue weighted by Gasteiger charge is 2.22. The van der Waals surface area contributed by atoms with Crippen LogP contribution in [-0.4, -0.2) is 26.3 Å². The molecule has 0 radical (unpaired) electrons. The second kappa shape index (κ2) is 5.72. The van der Waals surface area contributed by atoms with Gasteiger partial charge in [0.05, 0.1) is 5.69 Å². The van der Waals surface area contributed by atoms with Gasteiger partial charge in [-0.2, -0.15) is 0 Å². The van der Waals surface area contributed by atoms with Crippen LogP contribution in [0, 0.1) is 0 Å². The van der Waals surface area contributed by atoms with Crippen molar-refractivity contribution in [3.8, 4) is 28.3 Å². The van der Waals surface area contributed by atoms with E-state index < -0.39 is 0 Å². The van der Waals surface area contributed by atoms with E-state index in [1.807, 2.05) is 55.2 Å². The van der Waals surface area contributed by atoms with Gasteiger partial charge in [0.1, 0.15) is 23.7 Å². The first-order valence-electron chi connectivity index (χ1n) is 7.37. The molecule has 1 aliphatic heterocycles. The van der Waals surface area contributed by atoms with Crippen molar-refractivity contribution in [1.29, 1.82) is 0 Å². The van der Waals surface area contributed by atoms with Gasteiger partial charge in [-0.1, -0.05) is 41.6 Å². The molecule has 0 unspecified atom stereocenters. The minimum atomic E-state index is 0.763. The molecular formula is C17H16N4OS. The third-order valence-corrected chi connectivity index (χ3v) is 4.53. The summed E-state index contributed by atoms with van der Waals surface area (Å²) in [6, 6.07) is 16.3. The molecule has 0 aliphatic carbocycles. The number of benzene rings is 2. The molecule has 0 amide bonds. The van der Waals surface area contributed by atoms with Crippen LogP contribution in [0.1, 0.15) is 5.56 Å². The lowest BCUT2D eigenvalue weighted by Gasteiger charge is -2.20. The molecule has 4 rings (SSSR count). The maximum Gasteiger partial charge on any atom is 0.148 e. The molecule has 2 heterocycles. The van der Waals surface area contributed by atoms with Gasteiger partial charge in [0.25, 0.3) is 0 Å². The van der Waals surface area contributed by atoms with Crippen LogP contribution in [0.15, 0.2) is 48.5 Å². The summed E-state index contributed by atoms with van der Waals surface area (Å²) in [6.45, 7) is 0.763. The number of aromatic nitrogens is 3. The number of para-hydroxylation sites is 1. The molecule has 23 heavy (non-hydrogen) atoms. The van der Waals surface area contributed by atoms with Crippen molar-refractivity contribution in [3.05, 3.63) is 54.1 Å². The van der Waals surface area contributed by atoms with Gasteiger partial charge >= 0.3 is 0 Å². The molecule has 0 saturated heterocycles. The number of rotatable bonds is 0. The topological polar surface area (TPSA) is 43.2 Å². The lowest BCUT2D eigenvalue weighted by molar-refractivity contribution is 0.509. The average molecular weight is 324 g/mol. The Hall–Kier alpha value is -2.31. The lowest BCUT2D eigenvalue weighted by atomic mass is 9.99. The molecule has 0 spiro atoms. The second-order valence-corrected chi connectivity index (χ2v) is 6.45. The summed E-state index contributed by atoms with van der Waals surface area (Å²) in [7, 11) is 3.93. The van der Waals surface area contributed by atoms with Crippen molar-refractivity contribution in [2.45, 2.75) is 6.54 Å². The van der Waals surface area contributed by atoms with Gasteiger partial charge in [-0.25, -0.2) is 8.99 Å². The van der Waals surface area contributed by atoms with Gasteiger partial charge in [0.15, 0.2) is 0 Å². The van der Waals surface area contributed by atoms with E-state index in [-0.39, 0.29) is 0 Å². The van der Waals surface area contributed by atoms with E-state index in [0.717, 1.165) is 34.8 Å². The monoisotopic (exact) mass is 324 g/mol. The van der Waals surface area contributed by atoms with Crippen molar-refractivity contribution in [2.24, 2.45) is 7.05 Å². The van der Waals surface area contributed by atoms with E-state index in [4.69, 9.17) is 4.18 Å². The predicted molar refractivity (Wildman–Crippen MR) is 91.6 cm³/mol. The molecule has 116 valence electrons. The van der Waals surface area contributed by atoms with Gasteiger partial charge < -0.3 is 4.18 Å². The van der Waals surface area contributed by atoms with Gasteiger partial charge in [-0.15, -0.1) is 5.10 Å². The number of nitrogens with zero attached hydrogens (tertiary/aromatic N) is 4. The van der Waals surface area contributed by atoms with Crippen LogP contribution in [0.3, 0.4) is 0 Å². The van der Waals surface area contributed by atoms with Crippen molar-refractivity contribution in [2.75, 3.05) is 7.05 Å². The lowest BCUT2D eigenvalue weighted by Crippen LogP contribution is -2.12. The van der Waals surface area contributed by atoms with Crippen LogP contribution in [0.2, 0.25) is 0 Å². The zero-order valence-electron chi connectivity index (χ0n) is 12.9. The van der Waals surface area contributed by atoms with Crippen molar-refractivity contribution in [1.82, 2.24) is 19.3 Å². The van der Waals surface area contributed by atoms with Gasteiger partial charge in [-0.3, -0.25) is 0 Å². The summed E-state index contributed by atoms with van der Waals surface area (Å²) in [5.41, 5.74) is 5.16. The molecule has 6 heteroatoms. The van der Waals surface area contributed by atoms with E-state index in [2.05, 4.69) is 26.8 Å². The Labute approximate surface area is 139 Å². The summed E-state index contributed by atoms with van der Waals surface area (Å²) < 4.78 is 9.82. The third-order valence-electron chi connectivity index (χ3n) is 3.89. The summed E-state index contributed by atoms with van der Waals surface area (Å²) in [5, 5.41) is 8.68. The van der Waals surface area contributed by atoms with Crippen LogP contribution in [0.5, 0.6) is 5.75 Å². The Balaban J connectivity index is 2.02. The molecule has 1 aromatic heterocycles. The first kappa shape index (κ1) is 14.3. The summed E-state index contributed by atoms with van der Waals surface area (Å²) in [4.78, 5) is 0. The zero-order chi connectivity index (χ0) is 15.8. The van der Waals surface area contributed by atoms with Crippen molar-refractivity contribution in [3.63, 3.8) is 0 Å². The Bertz CT molecular complexity index is 861. The fraction of sp³-hybridized carbons (Fsp3) is 0.176. The van der Waals surface area contributed by atoms with Gasteiger partial charge in [0.2, 0.25) is 0 Å². The van der Waals surface area contributed by atoms with E-state index in [0.29, 0.717) is 0 Å². The Morgan fingerprint density at radius 2 is 1.74 bits per heavy atom. The highest BCUT2D eigenvalue weighted by atomic mass is 32.2. The number of fused-ring (bicyclic) bond motifs is 5. The molecule has 2 aromatic carbocycles. The smallest absolute Gasteiger partial charge is 0.148 e. The van der Waals surface area contributed by atoms with Crippen molar-refractivity contribution < 1.29 is 4.18 Å². The molecule has 1 aliphatic rings. The van der Waals surface area contributed by atoms with Crippen LogP contribution in [0.4, 0.5) is 0 Å². The van der Waals surface area contributed by atoms with E-state index in [1.54, 1.807) is 0 Å². The molecule has 0 N–H and O–H groups in total. The quantitative estimate of drug-likeness (QED) is 0.467. The highest BCUT2D eigenvalue weighted by molar-refractivity contribution is 7.92. The standard InChI is InChI=1S/C17H16N4OS/c1-20-11-12-7-3-4-8-13(12)16-17(21(2)19-18-16)14-9-5-6-10-15(14)22-23-20/h3-10H,11H2,1-2H3. The molecule has 0 saturated carbocycles. The van der Waals surface area contributed by atoms with Gasteiger partial charge in [0, 0.05) is 31.8 Å². The summed E-state index contributed by atoms with van der Waals surface area (Å²) >= 11 is 1.35. The summed E-state index contributed by atoms with van der Waals surface area (Å²) in [6.07, 6.45) is 0. The zero-order valence-corrected chi connectivity index (χ0v) is 13.7. The van der Waals surface area contributed by atoms with Crippen LogP contribution in [0.25, 0.3) is 22.5 Å². The number of hydrogen-bond donors (Lipinski definition) is 0. The normalized spacial score (nSPS) is 14.3. The molecule has 0 atom stereocenters.